The summed E-state index contributed by atoms with van der Waals surface area (Å²) in [5.41, 5.74) is 4.81. The number of H-pyrrole nitrogens is 1. The number of aryl methyl sites for hydroxylation is 2. The number of thiophene rings is 1. The van der Waals surface area contributed by atoms with E-state index in [0.29, 0.717) is 24.2 Å². The molecule has 0 saturated carbocycles. The van der Waals surface area contributed by atoms with Gasteiger partial charge >= 0.3 is 0 Å². The molecule has 1 amide bonds. The van der Waals surface area contributed by atoms with Gasteiger partial charge in [-0.25, -0.2) is 4.98 Å². The molecule has 1 fully saturated rings. The first-order valence-corrected chi connectivity index (χ1v) is 13.0. The molecule has 3 aromatic heterocycles. The molecule has 180 valence electrons. The van der Waals surface area contributed by atoms with Gasteiger partial charge < -0.3 is 15.1 Å². The number of rotatable bonds is 9. The zero-order valence-electron chi connectivity index (χ0n) is 20.3. The molecule has 1 saturated heterocycles. The maximum absolute atomic E-state index is 12.6. The van der Waals surface area contributed by atoms with E-state index in [1.54, 1.807) is 17.7 Å². The maximum Gasteiger partial charge on any atom is 0.284 e. The van der Waals surface area contributed by atoms with Crippen LogP contribution in [0.4, 0.5) is 5.69 Å². The Balaban J connectivity index is 1.28. The molecular weight excluding hydrogens is 444 g/mol. The van der Waals surface area contributed by atoms with Crippen molar-refractivity contribution in [3.63, 3.8) is 0 Å². The SMILES string of the molecule is Cc1nc[nH+]c(C)c1C(=O)NCCC(C)N1CCC(N(Cc2ccsc2)c2cccnc2)CC1. The second kappa shape index (κ2) is 11.5. The van der Waals surface area contributed by atoms with Crippen LogP contribution >= 0.6 is 11.3 Å². The third-order valence-electron chi connectivity index (χ3n) is 6.82. The van der Waals surface area contributed by atoms with Gasteiger partial charge in [0.25, 0.3) is 12.2 Å². The fourth-order valence-corrected chi connectivity index (χ4v) is 5.47. The number of aromatic amines is 1. The number of amides is 1. The fraction of sp³-hybridized carbons (Fsp3) is 0.462. The van der Waals surface area contributed by atoms with Crippen LogP contribution < -0.4 is 15.2 Å². The van der Waals surface area contributed by atoms with Gasteiger partial charge in [-0.2, -0.15) is 11.3 Å². The third-order valence-corrected chi connectivity index (χ3v) is 7.56. The first kappa shape index (κ1) is 24.3. The van der Waals surface area contributed by atoms with Crippen molar-refractivity contribution < 1.29 is 9.78 Å². The van der Waals surface area contributed by atoms with Gasteiger partial charge in [0, 0.05) is 51.4 Å². The molecule has 3 aromatic rings. The van der Waals surface area contributed by atoms with Gasteiger partial charge in [-0.15, -0.1) is 0 Å². The molecule has 0 bridgehead atoms. The lowest BCUT2D eigenvalue weighted by molar-refractivity contribution is -0.392. The molecule has 8 heteroatoms. The van der Waals surface area contributed by atoms with Crippen molar-refractivity contribution in [2.24, 2.45) is 0 Å². The Bertz CT molecular complexity index is 1030. The molecule has 0 aliphatic carbocycles. The molecule has 1 unspecified atom stereocenters. The van der Waals surface area contributed by atoms with Gasteiger partial charge in [-0.05, 0) is 67.6 Å². The number of aromatic nitrogens is 3. The van der Waals surface area contributed by atoms with E-state index < -0.39 is 0 Å². The van der Waals surface area contributed by atoms with Crippen LogP contribution in [0.25, 0.3) is 0 Å². The van der Waals surface area contributed by atoms with E-state index in [1.165, 1.54) is 11.3 Å². The predicted octanol–water partition coefficient (Wildman–Crippen LogP) is 3.65. The Labute approximate surface area is 206 Å². The van der Waals surface area contributed by atoms with Crippen molar-refractivity contribution >= 4 is 22.9 Å². The zero-order chi connectivity index (χ0) is 23.9. The minimum atomic E-state index is -0.0502. The molecular formula is C26H35N6OS+. The summed E-state index contributed by atoms with van der Waals surface area (Å²) in [5.74, 6) is -0.0502. The maximum atomic E-state index is 12.6. The van der Waals surface area contributed by atoms with Crippen molar-refractivity contribution in [1.29, 1.82) is 0 Å². The molecule has 4 rings (SSSR count). The van der Waals surface area contributed by atoms with E-state index in [-0.39, 0.29) is 5.91 Å². The number of carbonyl (C=O) groups excluding carboxylic acids is 1. The topological polar surface area (TPSA) is 75.5 Å². The standard InChI is InChI=1S/C26H34N6OS/c1-19(6-11-28-26(33)25-20(2)29-18-30-21(25)3)31-12-7-23(8-13-31)32(16-22-9-14-34-17-22)24-5-4-10-27-15-24/h4-5,9-10,14-15,17-19,23H,6-8,11-13,16H2,1-3H3,(H,28,33)/p+1. The normalized spacial score (nSPS) is 15.7. The minimum Gasteiger partial charge on any atom is -0.363 e. The Morgan fingerprint density at radius 3 is 2.82 bits per heavy atom. The van der Waals surface area contributed by atoms with E-state index in [2.05, 4.69) is 59.9 Å². The summed E-state index contributed by atoms with van der Waals surface area (Å²) in [5, 5.41) is 7.47. The van der Waals surface area contributed by atoms with E-state index in [0.717, 1.165) is 50.3 Å². The number of hydrogen-bond donors (Lipinski definition) is 1. The minimum absolute atomic E-state index is 0.0502. The summed E-state index contributed by atoms with van der Waals surface area (Å²) in [4.78, 5) is 29.3. The second-order valence-electron chi connectivity index (χ2n) is 9.12. The van der Waals surface area contributed by atoms with Gasteiger partial charge in [0.15, 0.2) is 5.69 Å². The highest BCUT2D eigenvalue weighted by Crippen LogP contribution is 2.27. The van der Waals surface area contributed by atoms with Gasteiger partial charge in [0.1, 0.15) is 11.3 Å². The molecule has 0 spiro atoms. The Hall–Kier alpha value is -2.84. The van der Waals surface area contributed by atoms with E-state index >= 15 is 0 Å². The van der Waals surface area contributed by atoms with Crippen LogP contribution in [0.3, 0.4) is 0 Å². The van der Waals surface area contributed by atoms with Gasteiger partial charge in [0.2, 0.25) is 0 Å². The van der Waals surface area contributed by atoms with Gasteiger partial charge in [0.05, 0.1) is 11.9 Å². The summed E-state index contributed by atoms with van der Waals surface area (Å²) >= 11 is 1.75. The number of hydrogen-bond acceptors (Lipinski definition) is 6. The van der Waals surface area contributed by atoms with Crippen LogP contribution in [0.5, 0.6) is 0 Å². The number of anilines is 1. The van der Waals surface area contributed by atoms with Crippen molar-refractivity contribution in [3.05, 3.63) is 70.2 Å². The largest absolute Gasteiger partial charge is 0.363 e. The number of piperidine rings is 1. The van der Waals surface area contributed by atoms with Crippen molar-refractivity contribution in [2.75, 3.05) is 24.5 Å². The highest BCUT2D eigenvalue weighted by atomic mass is 32.1. The van der Waals surface area contributed by atoms with Gasteiger partial charge in [-0.1, -0.05) is 4.98 Å². The Morgan fingerprint density at radius 1 is 1.32 bits per heavy atom. The molecule has 7 nitrogen and oxygen atoms in total. The van der Waals surface area contributed by atoms with Crippen molar-refractivity contribution in [2.45, 2.75) is 58.7 Å². The first-order valence-electron chi connectivity index (χ1n) is 12.1. The third kappa shape index (κ3) is 5.98. The lowest BCUT2D eigenvalue weighted by atomic mass is 9.99. The van der Waals surface area contributed by atoms with Crippen LogP contribution in [0.1, 0.15) is 53.5 Å². The molecule has 1 aliphatic heterocycles. The quantitative estimate of drug-likeness (QED) is 0.507. The number of nitrogens with zero attached hydrogens (tertiary/aromatic N) is 4. The summed E-state index contributed by atoms with van der Waals surface area (Å²) < 4.78 is 0. The average Bonchev–Trinajstić information content (AvgIpc) is 3.36. The molecule has 0 aromatic carbocycles. The molecule has 0 radical (unpaired) electrons. The van der Waals surface area contributed by atoms with Crippen LogP contribution in [-0.4, -0.2) is 52.5 Å². The van der Waals surface area contributed by atoms with Crippen LogP contribution in [0.15, 0.2) is 47.7 Å². The summed E-state index contributed by atoms with van der Waals surface area (Å²) in [7, 11) is 0. The molecule has 4 heterocycles. The lowest BCUT2D eigenvalue weighted by Gasteiger charge is -2.41. The number of nitrogens with one attached hydrogen (secondary N) is 2. The van der Waals surface area contributed by atoms with Crippen LogP contribution in [0, 0.1) is 13.8 Å². The first-order chi connectivity index (χ1) is 16.5. The molecule has 1 atom stereocenters. The fourth-order valence-electron chi connectivity index (χ4n) is 4.81. The van der Waals surface area contributed by atoms with Crippen molar-refractivity contribution in [3.8, 4) is 0 Å². The highest BCUT2D eigenvalue weighted by Gasteiger charge is 2.27. The van der Waals surface area contributed by atoms with E-state index in [4.69, 9.17) is 0 Å². The van der Waals surface area contributed by atoms with E-state index in [9.17, 15) is 4.79 Å². The Morgan fingerprint density at radius 2 is 2.15 bits per heavy atom. The van der Waals surface area contributed by atoms with Gasteiger partial charge in [-0.3, -0.25) is 9.78 Å². The second-order valence-corrected chi connectivity index (χ2v) is 9.90. The molecule has 34 heavy (non-hydrogen) atoms. The number of pyridine rings is 1. The van der Waals surface area contributed by atoms with E-state index in [1.807, 2.05) is 32.3 Å². The molecule has 2 N–H and O–H groups in total. The lowest BCUT2D eigenvalue weighted by Crippen LogP contribution is -2.48. The smallest absolute Gasteiger partial charge is 0.284 e. The predicted molar refractivity (Wildman–Crippen MR) is 136 cm³/mol. The Kier molecular flexibility index (Phi) is 8.24. The summed E-state index contributed by atoms with van der Waals surface area (Å²) in [6, 6.07) is 7.33. The number of likely N-dealkylation sites (tertiary alicyclic amines) is 1. The average molecular weight is 480 g/mol. The summed E-state index contributed by atoms with van der Waals surface area (Å²) in [6.07, 6.45) is 8.62. The highest BCUT2D eigenvalue weighted by molar-refractivity contribution is 7.07. The zero-order valence-corrected chi connectivity index (χ0v) is 21.1. The van der Waals surface area contributed by atoms with Crippen LogP contribution in [-0.2, 0) is 6.54 Å². The monoisotopic (exact) mass is 479 g/mol. The molecule has 1 aliphatic rings. The summed E-state index contributed by atoms with van der Waals surface area (Å²) in [6.45, 7) is 9.76. The van der Waals surface area contributed by atoms with Crippen LogP contribution in [0.2, 0.25) is 0 Å². The number of carbonyl (C=O) groups is 1. The van der Waals surface area contributed by atoms with Crippen molar-refractivity contribution in [1.82, 2.24) is 20.2 Å².